The first kappa shape index (κ1) is 16.1. The average Bonchev–Trinajstić information content (AvgIpc) is 3.33. The van der Waals surface area contributed by atoms with Crippen molar-refractivity contribution in [2.75, 3.05) is 13.2 Å². The summed E-state index contributed by atoms with van der Waals surface area (Å²) >= 11 is 0. The van der Waals surface area contributed by atoms with Crippen LogP contribution in [0, 0.1) is 0 Å². The molecular formula is C19H28O2. The van der Waals surface area contributed by atoms with Crippen LogP contribution in [0.15, 0.2) is 36.4 Å². The van der Waals surface area contributed by atoms with Crippen molar-refractivity contribution in [1.29, 1.82) is 0 Å². The maximum atomic E-state index is 5.70. The summed E-state index contributed by atoms with van der Waals surface area (Å²) in [5, 5.41) is 0. The van der Waals surface area contributed by atoms with Crippen molar-refractivity contribution in [1.82, 2.24) is 0 Å². The van der Waals surface area contributed by atoms with Crippen LogP contribution in [0.25, 0.3) is 0 Å². The van der Waals surface area contributed by atoms with Gasteiger partial charge in [0.2, 0.25) is 0 Å². The number of unbranched alkanes of at least 4 members (excludes halogenated alkanes) is 5. The number of rotatable bonds is 11. The fraction of sp³-hybridized carbons (Fsp3) is 0.579. The summed E-state index contributed by atoms with van der Waals surface area (Å²) < 4.78 is 10.9. The molecule has 0 radical (unpaired) electrons. The fourth-order valence-corrected chi connectivity index (χ4v) is 2.32. The molecular weight excluding hydrogens is 260 g/mol. The minimum Gasteiger partial charge on any atom is -0.491 e. The molecule has 1 saturated heterocycles. The van der Waals surface area contributed by atoms with Gasteiger partial charge in [0, 0.05) is 0 Å². The Hall–Kier alpha value is -1.28. The molecule has 21 heavy (non-hydrogen) atoms. The molecule has 0 aromatic heterocycles. The topological polar surface area (TPSA) is 21.8 Å². The zero-order valence-electron chi connectivity index (χ0n) is 13.2. The molecule has 0 N–H and O–H groups in total. The first-order valence-corrected chi connectivity index (χ1v) is 8.37. The molecule has 2 heteroatoms. The minimum atomic E-state index is 0.321. The normalized spacial score (nSPS) is 17.3. The van der Waals surface area contributed by atoms with Crippen LogP contribution in [-0.2, 0) is 11.2 Å². The highest BCUT2D eigenvalue weighted by molar-refractivity contribution is 5.29. The van der Waals surface area contributed by atoms with Gasteiger partial charge in [0.15, 0.2) is 0 Å². The highest BCUT2D eigenvalue weighted by atomic mass is 16.6. The van der Waals surface area contributed by atoms with Crippen molar-refractivity contribution in [3.63, 3.8) is 0 Å². The van der Waals surface area contributed by atoms with E-state index in [1.165, 1.54) is 44.1 Å². The number of benzene rings is 1. The summed E-state index contributed by atoms with van der Waals surface area (Å²) in [6.45, 7) is 3.78. The third-order valence-corrected chi connectivity index (χ3v) is 3.73. The van der Waals surface area contributed by atoms with Gasteiger partial charge in [0.05, 0.1) is 6.61 Å². The summed E-state index contributed by atoms with van der Waals surface area (Å²) in [6.07, 6.45) is 13.9. The largest absolute Gasteiger partial charge is 0.491 e. The Balaban J connectivity index is 1.61. The molecule has 1 aromatic carbocycles. The molecule has 1 heterocycles. The Morgan fingerprint density at radius 3 is 2.86 bits per heavy atom. The predicted molar refractivity (Wildman–Crippen MR) is 87.9 cm³/mol. The number of allylic oxidation sites excluding steroid dienone is 2. The quantitative estimate of drug-likeness (QED) is 0.327. The van der Waals surface area contributed by atoms with Gasteiger partial charge in [-0.25, -0.2) is 0 Å². The van der Waals surface area contributed by atoms with Gasteiger partial charge in [-0.3, -0.25) is 0 Å². The Morgan fingerprint density at radius 2 is 2.05 bits per heavy atom. The average molecular weight is 288 g/mol. The van der Waals surface area contributed by atoms with E-state index in [9.17, 15) is 0 Å². The fourth-order valence-electron chi connectivity index (χ4n) is 2.32. The van der Waals surface area contributed by atoms with Crippen molar-refractivity contribution in [3.05, 3.63) is 42.0 Å². The Labute approximate surface area is 129 Å². The smallest absolute Gasteiger partial charge is 0.119 e. The molecule has 1 atom stereocenters. The summed E-state index contributed by atoms with van der Waals surface area (Å²) in [5.74, 6) is 0.955. The molecule has 0 aliphatic carbocycles. The van der Waals surface area contributed by atoms with Crippen LogP contribution in [0.4, 0.5) is 0 Å². The number of ether oxygens (including phenoxy) is 2. The van der Waals surface area contributed by atoms with Gasteiger partial charge in [0.1, 0.15) is 18.5 Å². The van der Waals surface area contributed by atoms with Gasteiger partial charge in [0.25, 0.3) is 0 Å². The van der Waals surface area contributed by atoms with Crippen molar-refractivity contribution in [2.45, 2.75) is 58.0 Å². The lowest BCUT2D eigenvalue weighted by atomic mass is 10.1. The monoisotopic (exact) mass is 288 g/mol. The summed E-state index contributed by atoms with van der Waals surface area (Å²) in [7, 11) is 0. The van der Waals surface area contributed by atoms with E-state index in [4.69, 9.17) is 9.47 Å². The lowest BCUT2D eigenvalue weighted by molar-refractivity contribution is 0.263. The van der Waals surface area contributed by atoms with Crippen LogP contribution in [0.1, 0.15) is 51.0 Å². The highest BCUT2D eigenvalue weighted by Gasteiger charge is 2.22. The highest BCUT2D eigenvalue weighted by Crippen LogP contribution is 2.17. The van der Waals surface area contributed by atoms with Crippen LogP contribution in [0.3, 0.4) is 0 Å². The molecule has 2 nitrogen and oxygen atoms in total. The second-order valence-electron chi connectivity index (χ2n) is 5.79. The molecule has 1 unspecified atom stereocenters. The number of epoxide rings is 1. The third kappa shape index (κ3) is 7.33. The van der Waals surface area contributed by atoms with Crippen LogP contribution in [-0.4, -0.2) is 19.3 Å². The van der Waals surface area contributed by atoms with Gasteiger partial charge >= 0.3 is 0 Å². The van der Waals surface area contributed by atoms with Crippen LogP contribution in [0.2, 0.25) is 0 Å². The van der Waals surface area contributed by atoms with Gasteiger partial charge in [-0.2, -0.15) is 0 Å². The molecule has 0 saturated carbocycles. The molecule has 0 spiro atoms. The SMILES string of the molecule is CCCCCCC/C=C/Cc1cccc(OCC2CO2)c1. The summed E-state index contributed by atoms with van der Waals surface area (Å²) in [6, 6.07) is 8.38. The van der Waals surface area contributed by atoms with Crippen molar-refractivity contribution >= 4 is 0 Å². The van der Waals surface area contributed by atoms with E-state index in [1.807, 2.05) is 6.07 Å². The van der Waals surface area contributed by atoms with E-state index in [0.717, 1.165) is 18.8 Å². The molecule has 0 bridgehead atoms. The van der Waals surface area contributed by atoms with E-state index in [-0.39, 0.29) is 0 Å². The van der Waals surface area contributed by atoms with Crippen LogP contribution in [0.5, 0.6) is 5.75 Å². The number of hydrogen-bond acceptors (Lipinski definition) is 2. The zero-order valence-corrected chi connectivity index (χ0v) is 13.2. The van der Waals surface area contributed by atoms with Gasteiger partial charge in [-0.05, 0) is 37.0 Å². The summed E-state index contributed by atoms with van der Waals surface area (Å²) in [4.78, 5) is 0. The lowest BCUT2D eigenvalue weighted by Gasteiger charge is -2.05. The van der Waals surface area contributed by atoms with E-state index < -0.39 is 0 Å². The minimum absolute atomic E-state index is 0.321. The molecule has 1 aromatic rings. The third-order valence-electron chi connectivity index (χ3n) is 3.73. The van der Waals surface area contributed by atoms with E-state index in [0.29, 0.717) is 12.7 Å². The first-order valence-electron chi connectivity index (χ1n) is 8.37. The van der Waals surface area contributed by atoms with Crippen molar-refractivity contribution < 1.29 is 9.47 Å². The molecule has 1 aliphatic rings. The maximum Gasteiger partial charge on any atom is 0.119 e. The Kier molecular flexibility index (Phi) is 7.37. The Morgan fingerprint density at radius 1 is 1.19 bits per heavy atom. The molecule has 2 rings (SSSR count). The van der Waals surface area contributed by atoms with E-state index in [1.54, 1.807) is 0 Å². The number of hydrogen-bond donors (Lipinski definition) is 0. The second kappa shape index (κ2) is 9.62. The van der Waals surface area contributed by atoms with Crippen LogP contribution < -0.4 is 4.74 Å². The molecule has 116 valence electrons. The van der Waals surface area contributed by atoms with Gasteiger partial charge < -0.3 is 9.47 Å². The van der Waals surface area contributed by atoms with Crippen molar-refractivity contribution in [2.24, 2.45) is 0 Å². The molecule has 0 amide bonds. The molecule has 1 fully saturated rings. The van der Waals surface area contributed by atoms with E-state index in [2.05, 4.69) is 37.3 Å². The summed E-state index contributed by atoms with van der Waals surface area (Å²) in [5.41, 5.74) is 1.31. The van der Waals surface area contributed by atoms with Crippen LogP contribution >= 0.6 is 0 Å². The van der Waals surface area contributed by atoms with E-state index >= 15 is 0 Å². The predicted octanol–water partition coefficient (Wildman–Crippen LogP) is 4.92. The Bertz CT molecular complexity index is 421. The standard InChI is InChI=1S/C19H28O2/c1-2-3-4-5-6-7-8-9-11-17-12-10-13-18(14-17)20-15-19-16-21-19/h8-10,12-14,19H,2-7,11,15-16H2,1H3/b9-8+. The first-order chi connectivity index (χ1) is 10.4. The molecule has 1 aliphatic heterocycles. The zero-order chi connectivity index (χ0) is 14.8. The van der Waals surface area contributed by atoms with Gasteiger partial charge in [-0.1, -0.05) is 56.9 Å². The van der Waals surface area contributed by atoms with Crippen molar-refractivity contribution in [3.8, 4) is 5.75 Å². The van der Waals surface area contributed by atoms with Gasteiger partial charge in [-0.15, -0.1) is 0 Å². The lowest BCUT2D eigenvalue weighted by Crippen LogP contribution is -2.04. The maximum absolute atomic E-state index is 5.70. The second-order valence-corrected chi connectivity index (χ2v) is 5.79.